The van der Waals surface area contributed by atoms with Gasteiger partial charge in [0.05, 0.1) is 5.69 Å². The van der Waals surface area contributed by atoms with Gasteiger partial charge in [0.2, 0.25) is 0 Å². The molecule has 0 aliphatic carbocycles. The molecule has 2 aromatic rings. The molecule has 2 nitrogen and oxygen atoms in total. The summed E-state index contributed by atoms with van der Waals surface area (Å²) in [4.78, 5) is 9.14. The van der Waals surface area contributed by atoms with Crippen LogP contribution in [0.15, 0.2) is 66.2 Å². The number of aromatic nitrogens is 2. The molecule has 20 heavy (non-hydrogen) atoms. The van der Waals surface area contributed by atoms with Crippen LogP contribution in [0.4, 0.5) is 0 Å². The molecule has 0 radical (unpaired) electrons. The lowest BCUT2D eigenvalue weighted by atomic mass is 10.2. The Morgan fingerprint density at radius 1 is 1.15 bits per heavy atom. The fourth-order valence-corrected chi connectivity index (χ4v) is 2.18. The summed E-state index contributed by atoms with van der Waals surface area (Å²) in [5.41, 5.74) is 2.80. The van der Waals surface area contributed by atoms with Gasteiger partial charge in [0.1, 0.15) is 0 Å². The van der Waals surface area contributed by atoms with Gasteiger partial charge in [0.25, 0.3) is 0 Å². The van der Waals surface area contributed by atoms with Gasteiger partial charge in [0.15, 0.2) is 5.82 Å². The molecule has 0 amide bonds. The van der Waals surface area contributed by atoms with Gasteiger partial charge in [0, 0.05) is 22.2 Å². The largest absolute Gasteiger partial charge is 0.233 e. The lowest BCUT2D eigenvalue weighted by molar-refractivity contribution is 1.05. The van der Waals surface area contributed by atoms with Crippen molar-refractivity contribution in [3.05, 3.63) is 77.6 Å². The quantitative estimate of drug-likeness (QED) is 0.580. The Labute approximate surface area is 127 Å². The van der Waals surface area contributed by atoms with Crippen molar-refractivity contribution in [2.75, 3.05) is 0 Å². The van der Waals surface area contributed by atoms with Crippen molar-refractivity contribution in [3.63, 3.8) is 0 Å². The molecule has 1 heterocycles. The summed E-state index contributed by atoms with van der Waals surface area (Å²) in [6.07, 6.45) is 8.08. The average Bonchev–Trinajstić information content (AvgIpc) is 2.45. The summed E-state index contributed by atoms with van der Waals surface area (Å²) in [5.74, 6) is 0.717. The summed E-state index contributed by atoms with van der Waals surface area (Å²) in [5, 5.41) is 0. The third-order valence-electron chi connectivity index (χ3n) is 2.64. The van der Waals surface area contributed by atoms with Crippen molar-refractivity contribution < 1.29 is 0 Å². The van der Waals surface area contributed by atoms with E-state index in [1.54, 1.807) is 6.08 Å². The SMILES string of the molecule is C=CC=Cc1cc(CC=C)nc(-c2cccc(Br)c2)n1. The molecule has 1 aromatic heterocycles. The first-order valence-electron chi connectivity index (χ1n) is 6.27. The Kier molecular flexibility index (Phi) is 5.02. The topological polar surface area (TPSA) is 25.8 Å². The van der Waals surface area contributed by atoms with Gasteiger partial charge in [-0.3, -0.25) is 0 Å². The predicted octanol–water partition coefficient (Wildman–Crippen LogP) is 4.83. The summed E-state index contributed by atoms with van der Waals surface area (Å²) in [6, 6.07) is 9.92. The molecule has 0 spiro atoms. The van der Waals surface area contributed by atoms with Crippen LogP contribution < -0.4 is 0 Å². The van der Waals surface area contributed by atoms with E-state index in [2.05, 4.69) is 39.1 Å². The minimum absolute atomic E-state index is 0.717. The maximum atomic E-state index is 4.58. The zero-order valence-corrected chi connectivity index (χ0v) is 12.7. The number of hydrogen-bond donors (Lipinski definition) is 0. The zero-order chi connectivity index (χ0) is 14.4. The lowest BCUT2D eigenvalue weighted by Crippen LogP contribution is -1.97. The van der Waals surface area contributed by atoms with Crippen LogP contribution >= 0.6 is 15.9 Å². The van der Waals surface area contributed by atoms with Crippen LogP contribution in [-0.4, -0.2) is 9.97 Å². The van der Waals surface area contributed by atoms with Crippen LogP contribution in [0.1, 0.15) is 11.4 Å². The van der Waals surface area contributed by atoms with E-state index in [1.165, 1.54) is 0 Å². The van der Waals surface area contributed by atoms with Crippen molar-refractivity contribution in [2.24, 2.45) is 0 Å². The first kappa shape index (κ1) is 14.4. The van der Waals surface area contributed by atoms with Gasteiger partial charge < -0.3 is 0 Å². The number of benzene rings is 1. The van der Waals surface area contributed by atoms with Crippen molar-refractivity contribution in [1.82, 2.24) is 9.97 Å². The Morgan fingerprint density at radius 3 is 2.70 bits per heavy atom. The first-order valence-corrected chi connectivity index (χ1v) is 7.06. The molecule has 0 aliphatic rings. The van der Waals surface area contributed by atoms with E-state index in [0.29, 0.717) is 0 Å². The molecule has 0 aliphatic heterocycles. The van der Waals surface area contributed by atoms with Crippen LogP contribution in [0.2, 0.25) is 0 Å². The van der Waals surface area contributed by atoms with Crippen LogP contribution in [0.3, 0.4) is 0 Å². The minimum Gasteiger partial charge on any atom is -0.233 e. The highest BCUT2D eigenvalue weighted by Gasteiger charge is 2.05. The van der Waals surface area contributed by atoms with Crippen molar-refractivity contribution in [2.45, 2.75) is 6.42 Å². The van der Waals surface area contributed by atoms with E-state index in [0.717, 1.165) is 33.7 Å². The van der Waals surface area contributed by atoms with E-state index in [9.17, 15) is 0 Å². The monoisotopic (exact) mass is 326 g/mol. The molecule has 100 valence electrons. The van der Waals surface area contributed by atoms with Gasteiger partial charge in [-0.1, -0.05) is 52.9 Å². The smallest absolute Gasteiger partial charge is 0.160 e. The van der Waals surface area contributed by atoms with E-state index in [1.807, 2.05) is 48.6 Å². The highest BCUT2D eigenvalue weighted by Crippen LogP contribution is 2.21. The van der Waals surface area contributed by atoms with Crippen LogP contribution in [0, 0.1) is 0 Å². The second-order valence-electron chi connectivity index (χ2n) is 4.21. The van der Waals surface area contributed by atoms with E-state index in [-0.39, 0.29) is 0 Å². The summed E-state index contributed by atoms with van der Waals surface area (Å²) >= 11 is 3.47. The maximum absolute atomic E-state index is 4.58. The van der Waals surface area contributed by atoms with Gasteiger partial charge in [-0.25, -0.2) is 9.97 Å². The fourth-order valence-electron chi connectivity index (χ4n) is 1.78. The maximum Gasteiger partial charge on any atom is 0.160 e. The van der Waals surface area contributed by atoms with Crippen LogP contribution in [-0.2, 0) is 6.42 Å². The normalized spacial score (nSPS) is 10.7. The van der Waals surface area contributed by atoms with Crippen molar-refractivity contribution in [1.29, 1.82) is 0 Å². The van der Waals surface area contributed by atoms with Crippen molar-refractivity contribution in [3.8, 4) is 11.4 Å². The molecule has 0 atom stereocenters. The summed E-state index contributed by atoms with van der Waals surface area (Å²) in [6.45, 7) is 7.44. The molecule has 0 bridgehead atoms. The predicted molar refractivity (Wildman–Crippen MR) is 88.3 cm³/mol. The molecule has 0 saturated heterocycles. The second-order valence-corrected chi connectivity index (χ2v) is 5.12. The molecular weight excluding hydrogens is 312 g/mol. The molecule has 3 heteroatoms. The highest BCUT2D eigenvalue weighted by molar-refractivity contribution is 9.10. The summed E-state index contributed by atoms with van der Waals surface area (Å²) < 4.78 is 1.01. The lowest BCUT2D eigenvalue weighted by Gasteiger charge is -2.05. The third kappa shape index (κ3) is 3.75. The molecule has 2 rings (SSSR count). The van der Waals surface area contributed by atoms with Gasteiger partial charge in [-0.05, 0) is 24.3 Å². The van der Waals surface area contributed by atoms with Crippen LogP contribution in [0.25, 0.3) is 17.5 Å². The molecule has 0 saturated carbocycles. The number of nitrogens with zero attached hydrogens (tertiary/aromatic N) is 2. The van der Waals surface area contributed by atoms with E-state index in [4.69, 9.17) is 0 Å². The van der Waals surface area contributed by atoms with Crippen molar-refractivity contribution >= 4 is 22.0 Å². The van der Waals surface area contributed by atoms with Crippen LogP contribution in [0.5, 0.6) is 0 Å². The average molecular weight is 327 g/mol. The summed E-state index contributed by atoms with van der Waals surface area (Å²) in [7, 11) is 0. The molecule has 0 N–H and O–H groups in total. The van der Waals surface area contributed by atoms with Gasteiger partial charge >= 0.3 is 0 Å². The Balaban J connectivity index is 2.50. The zero-order valence-electron chi connectivity index (χ0n) is 11.1. The number of allylic oxidation sites excluding steroid dienone is 3. The number of hydrogen-bond acceptors (Lipinski definition) is 2. The third-order valence-corrected chi connectivity index (χ3v) is 3.13. The van der Waals surface area contributed by atoms with E-state index >= 15 is 0 Å². The molecule has 0 fully saturated rings. The second kappa shape index (κ2) is 6.96. The molecule has 0 unspecified atom stereocenters. The Bertz CT molecular complexity index is 660. The Morgan fingerprint density at radius 2 is 2.00 bits per heavy atom. The highest BCUT2D eigenvalue weighted by atomic mass is 79.9. The fraction of sp³-hybridized carbons (Fsp3) is 0.0588. The first-order chi connectivity index (χ1) is 9.72. The Hall–Kier alpha value is -2.00. The van der Waals surface area contributed by atoms with Gasteiger partial charge in [-0.2, -0.15) is 0 Å². The number of rotatable bonds is 5. The molecule has 1 aromatic carbocycles. The standard InChI is InChI=1S/C17H15BrN2/c1-3-5-10-16-12-15(7-4-2)19-17(20-16)13-8-6-9-14(18)11-13/h3-6,8-12H,1-2,7H2. The van der Waals surface area contributed by atoms with E-state index < -0.39 is 0 Å². The van der Waals surface area contributed by atoms with Gasteiger partial charge in [-0.15, -0.1) is 6.58 Å². The minimum atomic E-state index is 0.717. The molecular formula is C17H15BrN2. The number of halogens is 1.